The molecule has 4 rings (SSSR count). The van der Waals surface area contributed by atoms with E-state index in [9.17, 15) is 14.4 Å². The summed E-state index contributed by atoms with van der Waals surface area (Å²) in [6.07, 6.45) is 0.899. The lowest BCUT2D eigenvalue weighted by atomic mass is 9.60. The van der Waals surface area contributed by atoms with Gasteiger partial charge in [-0.25, -0.2) is 4.79 Å². The summed E-state index contributed by atoms with van der Waals surface area (Å²) in [6, 6.07) is 17.0. The molecule has 5 heteroatoms. The molecule has 0 unspecified atom stereocenters. The van der Waals surface area contributed by atoms with Gasteiger partial charge in [0.15, 0.2) is 0 Å². The topological polar surface area (TPSA) is 57.7 Å². The number of imide groups is 2. The fourth-order valence-electron chi connectivity index (χ4n) is 4.37. The molecular weight excluding hydrogens is 328 g/mol. The van der Waals surface area contributed by atoms with Crippen LogP contribution in [0.5, 0.6) is 0 Å². The van der Waals surface area contributed by atoms with Crippen LogP contribution in [-0.2, 0) is 22.4 Å². The molecule has 2 aliphatic rings. The largest absolute Gasteiger partial charge is 0.332 e. The molecule has 2 aromatic rings. The molecule has 4 amide bonds. The second-order valence-electron chi connectivity index (χ2n) is 7.10. The number of nitrogens with zero attached hydrogens (tertiary/aromatic N) is 2. The van der Waals surface area contributed by atoms with Gasteiger partial charge in [0.1, 0.15) is 5.41 Å². The molecule has 1 spiro atoms. The molecule has 2 aromatic carbocycles. The van der Waals surface area contributed by atoms with Crippen molar-refractivity contribution in [3.8, 4) is 0 Å². The van der Waals surface area contributed by atoms with Crippen molar-refractivity contribution in [3.63, 3.8) is 0 Å². The van der Waals surface area contributed by atoms with Crippen LogP contribution in [0.1, 0.15) is 22.6 Å². The second kappa shape index (κ2) is 5.80. The number of amides is 4. The van der Waals surface area contributed by atoms with Crippen molar-refractivity contribution in [2.45, 2.75) is 18.8 Å². The second-order valence-corrected chi connectivity index (χ2v) is 7.10. The Morgan fingerprint density at radius 3 is 1.96 bits per heavy atom. The van der Waals surface area contributed by atoms with E-state index in [4.69, 9.17) is 0 Å². The number of fused-ring (bicyclic) bond motifs is 1. The summed E-state index contributed by atoms with van der Waals surface area (Å²) < 4.78 is 0. The van der Waals surface area contributed by atoms with E-state index in [0.29, 0.717) is 12.8 Å². The van der Waals surface area contributed by atoms with Crippen molar-refractivity contribution in [1.29, 1.82) is 0 Å². The predicted octanol–water partition coefficient (Wildman–Crippen LogP) is 2.61. The quantitative estimate of drug-likeness (QED) is 0.745. The van der Waals surface area contributed by atoms with Crippen molar-refractivity contribution in [3.05, 3.63) is 71.3 Å². The Hall–Kier alpha value is -2.95. The Kier molecular flexibility index (Phi) is 3.68. The number of carbonyl (C=O) groups excluding carboxylic acids is 3. The summed E-state index contributed by atoms with van der Waals surface area (Å²) in [5.41, 5.74) is 1.81. The van der Waals surface area contributed by atoms with Crippen LogP contribution in [0, 0.1) is 5.41 Å². The Morgan fingerprint density at radius 1 is 0.808 bits per heavy atom. The zero-order valence-electron chi connectivity index (χ0n) is 14.8. The molecule has 5 nitrogen and oxygen atoms in total. The lowest BCUT2D eigenvalue weighted by Gasteiger charge is -2.48. The first kappa shape index (κ1) is 16.5. The summed E-state index contributed by atoms with van der Waals surface area (Å²) in [5, 5.41) is 0. The van der Waals surface area contributed by atoms with Gasteiger partial charge in [-0.05, 0) is 29.5 Å². The average Bonchev–Trinajstić information content (AvgIpc) is 2.69. The highest BCUT2D eigenvalue weighted by Gasteiger charge is 2.61. The van der Waals surface area contributed by atoms with Crippen LogP contribution < -0.4 is 0 Å². The minimum atomic E-state index is -1.28. The maximum atomic E-state index is 13.3. The highest BCUT2D eigenvalue weighted by molar-refractivity contribution is 6.19. The van der Waals surface area contributed by atoms with E-state index in [1.807, 2.05) is 48.5 Å². The van der Waals surface area contributed by atoms with Gasteiger partial charge in [0.25, 0.3) is 0 Å². The lowest BCUT2D eigenvalue weighted by Crippen LogP contribution is -2.66. The summed E-state index contributed by atoms with van der Waals surface area (Å²) in [5.74, 6) is -1.13. The van der Waals surface area contributed by atoms with Gasteiger partial charge in [-0.2, -0.15) is 0 Å². The van der Waals surface area contributed by atoms with Crippen LogP contribution in [0.4, 0.5) is 4.79 Å². The zero-order chi connectivity index (χ0) is 18.5. The molecule has 1 saturated heterocycles. The minimum Gasteiger partial charge on any atom is -0.273 e. The lowest BCUT2D eigenvalue weighted by molar-refractivity contribution is -0.159. The number of benzene rings is 2. The number of carbonyl (C=O) groups is 3. The molecule has 1 aliphatic carbocycles. The van der Waals surface area contributed by atoms with Crippen LogP contribution in [0.25, 0.3) is 0 Å². The number of urea groups is 1. The van der Waals surface area contributed by atoms with Gasteiger partial charge < -0.3 is 0 Å². The molecule has 26 heavy (non-hydrogen) atoms. The van der Waals surface area contributed by atoms with E-state index < -0.39 is 23.3 Å². The van der Waals surface area contributed by atoms with E-state index >= 15 is 0 Å². The molecule has 1 fully saturated rings. The Labute approximate surface area is 152 Å². The monoisotopic (exact) mass is 348 g/mol. The van der Waals surface area contributed by atoms with Crippen LogP contribution in [0.2, 0.25) is 0 Å². The average molecular weight is 348 g/mol. The van der Waals surface area contributed by atoms with Crippen molar-refractivity contribution in [1.82, 2.24) is 9.80 Å². The number of rotatable bonds is 1. The molecule has 0 saturated carbocycles. The van der Waals surface area contributed by atoms with Crippen molar-refractivity contribution in [2.75, 3.05) is 14.1 Å². The maximum absolute atomic E-state index is 13.3. The third-order valence-electron chi connectivity index (χ3n) is 5.75. The summed E-state index contributed by atoms with van der Waals surface area (Å²) in [7, 11) is 2.91. The molecule has 0 aromatic heterocycles. The fourth-order valence-corrected chi connectivity index (χ4v) is 4.37. The molecule has 0 N–H and O–H groups in total. The van der Waals surface area contributed by atoms with Gasteiger partial charge in [0.05, 0.1) is 0 Å². The molecule has 1 heterocycles. The summed E-state index contributed by atoms with van der Waals surface area (Å²) >= 11 is 0. The van der Waals surface area contributed by atoms with E-state index in [2.05, 4.69) is 6.07 Å². The van der Waals surface area contributed by atoms with Gasteiger partial charge in [0.2, 0.25) is 11.8 Å². The first-order valence-electron chi connectivity index (χ1n) is 8.69. The first-order valence-corrected chi connectivity index (χ1v) is 8.69. The molecule has 132 valence electrons. The summed E-state index contributed by atoms with van der Waals surface area (Å²) in [6.45, 7) is 0. The predicted molar refractivity (Wildman–Crippen MR) is 96.4 cm³/mol. The van der Waals surface area contributed by atoms with Crippen LogP contribution in [0.15, 0.2) is 54.6 Å². The molecule has 1 aliphatic heterocycles. The Balaban J connectivity index is 1.94. The minimum absolute atomic E-state index is 0.308. The normalized spacial score (nSPS) is 21.9. The molecule has 0 bridgehead atoms. The highest BCUT2D eigenvalue weighted by atomic mass is 16.2. The third kappa shape index (κ3) is 2.13. The van der Waals surface area contributed by atoms with E-state index in [1.54, 1.807) is 0 Å². The van der Waals surface area contributed by atoms with Crippen LogP contribution >= 0.6 is 0 Å². The number of hydrogen-bond acceptors (Lipinski definition) is 3. The SMILES string of the molecule is CN1C(=O)N(C)C(=O)C2(Cc3ccccc3C[C@@H]2c2ccccc2)C1=O. The van der Waals surface area contributed by atoms with Crippen molar-refractivity contribution in [2.24, 2.45) is 5.41 Å². The molecular formula is C21H20N2O3. The smallest absolute Gasteiger partial charge is 0.273 e. The first-order chi connectivity index (χ1) is 12.5. The van der Waals surface area contributed by atoms with E-state index in [0.717, 1.165) is 26.5 Å². The van der Waals surface area contributed by atoms with E-state index in [1.165, 1.54) is 14.1 Å². The van der Waals surface area contributed by atoms with Crippen LogP contribution in [0.3, 0.4) is 0 Å². The van der Waals surface area contributed by atoms with Gasteiger partial charge in [-0.1, -0.05) is 54.6 Å². The molecule has 1 atom stereocenters. The third-order valence-corrected chi connectivity index (χ3v) is 5.75. The van der Waals surface area contributed by atoms with Gasteiger partial charge in [-0.15, -0.1) is 0 Å². The highest BCUT2D eigenvalue weighted by Crippen LogP contribution is 2.49. The zero-order valence-corrected chi connectivity index (χ0v) is 14.8. The standard InChI is InChI=1S/C21H20N2O3/c1-22-18(24)21(19(25)23(2)20(22)26)13-16-11-7-6-10-15(16)12-17(21)14-8-4-3-5-9-14/h3-11,17H,12-13H2,1-2H3/t17-/m1/s1. The molecule has 0 radical (unpaired) electrons. The van der Waals surface area contributed by atoms with Crippen LogP contribution in [-0.4, -0.2) is 41.7 Å². The number of barbiturate groups is 1. The Morgan fingerprint density at radius 2 is 1.35 bits per heavy atom. The van der Waals surface area contributed by atoms with Gasteiger partial charge in [-0.3, -0.25) is 19.4 Å². The maximum Gasteiger partial charge on any atom is 0.332 e. The van der Waals surface area contributed by atoms with E-state index in [-0.39, 0.29) is 5.92 Å². The number of hydrogen-bond donors (Lipinski definition) is 0. The van der Waals surface area contributed by atoms with Crippen molar-refractivity contribution >= 4 is 17.8 Å². The Bertz CT molecular complexity index is 882. The summed E-state index contributed by atoms with van der Waals surface area (Å²) in [4.78, 5) is 41.1. The van der Waals surface area contributed by atoms with Crippen molar-refractivity contribution < 1.29 is 14.4 Å². The van der Waals surface area contributed by atoms with Gasteiger partial charge in [0, 0.05) is 20.0 Å². The fraction of sp³-hybridized carbons (Fsp3) is 0.286. The van der Waals surface area contributed by atoms with Gasteiger partial charge >= 0.3 is 6.03 Å².